The highest BCUT2D eigenvalue weighted by atomic mass is 16.5. The van der Waals surface area contributed by atoms with Gasteiger partial charge in [0.1, 0.15) is 11.4 Å². The van der Waals surface area contributed by atoms with Crippen molar-refractivity contribution in [3.8, 4) is 5.75 Å². The molecule has 8 heteroatoms. The third-order valence-corrected chi connectivity index (χ3v) is 6.44. The Bertz CT molecular complexity index is 1160. The molecule has 182 valence electrons. The number of ether oxygens (including phenoxy) is 1. The highest BCUT2D eigenvalue weighted by Gasteiger charge is 2.23. The van der Waals surface area contributed by atoms with Gasteiger partial charge in [0, 0.05) is 31.4 Å². The summed E-state index contributed by atoms with van der Waals surface area (Å²) in [5.74, 6) is 0.865. The maximum absolute atomic E-state index is 11.7. The zero-order valence-corrected chi connectivity index (χ0v) is 20.6. The number of carbonyl (C=O) groups excluding carboxylic acids is 1. The SMILES string of the molecule is CCOC(=O)CCN1CCC(Nc2nc3c(C)cc(C)cc3n2Cc2nc(C)ccc2O)CC1. The van der Waals surface area contributed by atoms with Crippen molar-refractivity contribution in [3.63, 3.8) is 0 Å². The molecule has 34 heavy (non-hydrogen) atoms. The summed E-state index contributed by atoms with van der Waals surface area (Å²) in [5.41, 5.74) is 5.81. The van der Waals surface area contributed by atoms with Crippen LogP contribution in [0, 0.1) is 20.8 Å². The number of likely N-dealkylation sites (tertiary alicyclic amines) is 1. The van der Waals surface area contributed by atoms with E-state index in [4.69, 9.17) is 9.72 Å². The summed E-state index contributed by atoms with van der Waals surface area (Å²) < 4.78 is 7.17. The van der Waals surface area contributed by atoms with Crippen LogP contribution in [0.25, 0.3) is 11.0 Å². The molecule has 8 nitrogen and oxygen atoms in total. The topological polar surface area (TPSA) is 92.5 Å². The summed E-state index contributed by atoms with van der Waals surface area (Å²) in [7, 11) is 0. The fraction of sp³-hybridized carbons (Fsp3) is 0.500. The van der Waals surface area contributed by atoms with Gasteiger partial charge >= 0.3 is 5.97 Å². The summed E-state index contributed by atoms with van der Waals surface area (Å²) in [5, 5.41) is 14.1. The van der Waals surface area contributed by atoms with Gasteiger partial charge in [0.15, 0.2) is 0 Å². The van der Waals surface area contributed by atoms with Gasteiger partial charge in [-0.15, -0.1) is 0 Å². The van der Waals surface area contributed by atoms with Gasteiger partial charge < -0.3 is 24.6 Å². The number of hydrogen-bond acceptors (Lipinski definition) is 7. The minimum Gasteiger partial charge on any atom is -0.506 e. The molecule has 2 aromatic heterocycles. The maximum atomic E-state index is 11.7. The van der Waals surface area contributed by atoms with Crippen molar-refractivity contribution in [2.24, 2.45) is 0 Å². The molecule has 0 amide bonds. The Morgan fingerprint density at radius 1 is 1.18 bits per heavy atom. The molecule has 1 aromatic carbocycles. The van der Waals surface area contributed by atoms with Gasteiger partial charge in [-0.05, 0) is 69.9 Å². The molecule has 0 unspecified atom stereocenters. The second kappa shape index (κ2) is 10.4. The van der Waals surface area contributed by atoms with Gasteiger partial charge in [-0.1, -0.05) is 6.07 Å². The van der Waals surface area contributed by atoms with Gasteiger partial charge in [0.25, 0.3) is 0 Å². The zero-order chi connectivity index (χ0) is 24.2. The third kappa shape index (κ3) is 5.50. The lowest BCUT2D eigenvalue weighted by Crippen LogP contribution is -2.40. The highest BCUT2D eigenvalue weighted by Crippen LogP contribution is 2.28. The van der Waals surface area contributed by atoms with Crippen LogP contribution in [0.1, 0.15) is 48.7 Å². The van der Waals surface area contributed by atoms with Crippen molar-refractivity contribution in [1.82, 2.24) is 19.4 Å². The number of imidazole rings is 1. The summed E-state index contributed by atoms with van der Waals surface area (Å²) in [6, 6.07) is 8.09. The van der Waals surface area contributed by atoms with E-state index in [9.17, 15) is 9.90 Å². The van der Waals surface area contributed by atoms with E-state index in [0.29, 0.717) is 25.3 Å². The van der Waals surface area contributed by atoms with Gasteiger partial charge in [0.2, 0.25) is 5.95 Å². The Labute approximate surface area is 201 Å². The molecule has 4 rings (SSSR count). The predicted octanol–water partition coefficient (Wildman–Crippen LogP) is 3.94. The van der Waals surface area contributed by atoms with Crippen LogP contribution in [0.2, 0.25) is 0 Å². The van der Waals surface area contributed by atoms with Crippen molar-refractivity contribution >= 4 is 23.0 Å². The number of anilines is 1. The molecule has 1 aliphatic rings. The first-order valence-electron chi connectivity index (χ1n) is 12.1. The molecular weight excluding hydrogens is 430 g/mol. The van der Waals surface area contributed by atoms with Crippen molar-refractivity contribution < 1.29 is 14.6 Å². The molecule has 0 atom stereocenters. The van der Waals surface area contributed by atoms with Crippen LogP contribution < -0.4 is 5.32 Å². The van der Waals surface area contributed by atoms with Crippen LogP contribution in [-0.2, 0) is 16.1 Å². The summed E-state index contributed by atoms with van der Waals surface area (Å²) in [6.45, 7) is 11.4. The van der Waals surface area contributed by atoms with Gasteiger partial charge in [0.05, 0.1) is 30.6 Å². The molecule has 0 bridgehead atoms. The Hall–Kier alpha value is -3.13. The second-order valence-electron chi connectivity index (χ2n) is 9.20. The standard InChI is InChI=1S/C26H35N5O3/c1-5-34-24(33)10-13-30-11-8-20(9-12-30)28-26-29-25-18(3)14-17(2)15-22(25)31(26)16-21-23(32)7-6-19(4)27-21/h6-7,14-15,20,32H,5,8-13,16H2,1-4H3,(H,28,29). The van der Waals surface area contributed by atoms with Crippen LogP contribution in [0.15, 0.2) is 24.3 Å². The van der Waals surface area contributed by atoms with Crippen LogP contribution in [0.3, 0.4) is 0 Å². The lowest BCUT2D eigenvalue weighted by molar-refractivity contribution is -0.143. The first-order valence-corrected chi connectivity index (χ1v) is 12.1. The molecule has 0 aliphatic carbocycles. The number of fused-ring (bicyclic) bond motifs is 1. The van der Waals surface area contributed by atoms with Crippen molar-refractivity contribution in [2.45, 2.75) is 59.5 Å². The van der Waals surface area contributed by atoms with E-state index in [0.717, 1.165) is 60.7 Å². The Balaban J connectivity index is 1.52. The molecule has 1 saturated heterocycles. The van der Waals surface area contributed by atoms with Crippen molar-refractivity contribution in [3.05, 3.63) is 46.8 Å². The third-order valence-electron chi connectivity index (χ3n) is 6.44. The lowest BCUT2D eigenvalue weighted by atomic mass is 10.1. The van der Waals surface area contributed by atoms with Gasteiger partial charge in [-0.2, -0.15) is 0 Å². The van der Waals surface area contributed by atoms with Gasteiger partial charge in [-0.25, -0.2) is 4.98 Å². The van der Waals surface area contributed by atoms with Crippen LogP contribution in [0.4, 0.5) is 5.95 Å². The summed E-state index contributed by atoms with van der Waals surface area (Å²) in [6.07, 6.45) is 2.38. The van der Waals surface area contributed by atoms with E-state index >= 15 is 0 Å². The number of carbonyl (C=O) groups is 1. The van der Waals surface area contributed by atoms with Crippen LogP contribution in [-0.4, -0.2) is 62.8 Å². The lowest BCUT2D eigenvalue weighted by Gasteiger charge is -2.32. The van der Waals surface area contributed by atoms with Crippen molar-refractivity contribution in [1.29, 1.82) is 0 Å². The van der Waals surface area contributed by atoms with E-state index in [1.54, 1.807) is 6.07 Å². The number of aromatic hydroxyl groups is 1. The van der Waals surface area contributed by atoms with E-state index < -0.39 is 0 Å². The molecular formula is C26H35N5O3. The van der Waals surface area contributed by atoms with Gasteiger partial charge in [-0.3, -0.25) is 9.78 Å². The van der Waals surface area contributed by atoms with Crippen LogP contribution in [0.5, 0.6) is 5.75 Å². The van der Waals surface area contributed by atoms with E-state index in [1.807, 2.05) is 19.9 Å². The number of aryl methyl sites for hydroxylation is 3. The number of nitrogens with zero attached hydrogens (tertiary/aromatic N) is 4. The Morgan fingerprint density at radius 3 is 2.68 bits per heavy atom. The molecule has 0 saturated carbocycles. The molecule has 0 spiro atoms. The fourth-order valence-corrected chi connectivity index (χ4v) is 4.67. The Morgan fingerprint density at radius 2 is 1.94 bits per heavy atom. The molecule has 0 radical (unpaired) electrons. The average Bonchev–Trinajstić information content (AvgIpc) is 3.13. The Kier molecular flexibility index (Phi) is 7.36. The number of aromatic nitrogens is 3. The van der Waals surface area contributed by atoms with E-state index in [1.165, 1.54) is 5.56 Å². The largest absolute Gasteiger partial charge is 0.506 e. The van der Waals surface area contributed by atoms with E-state index in [-0.39, 0.29) is 17.8 Å². The number of nitrogens with one attached hydrogen (secondary N) is 1. The highest BCUT2D eigenvalue weighted by molar-refractivity contribution is 5.83. The molecule has 3 aromatic rings. The molecule has 1 aliphatic heterocycles. The quantitative estimate of drug-likeness (QED) is 0.487. The smallest absolute Gasteiger partial charge is 0.307 e. The van der Waals surface area contributed by atoms with Crippen molar-refractivity contribution in [2.75, 3.05) is 31.6 Å². The average molecular weight is 466 g/mol. The number of rotatable bonds is 8. The first kappa shape index (κ1) is 24.0. The molecule has 2 N–H and O–H groups in total. The molecule has 3 heterocycles. The fourth-order valence-electron chi connectivity index (χ4n) is 4.67. The number of pyridine rings is 1. The summed E-state index contributed by atoms with van der Waals surface area (Å²) in [4.78, 5) is 23.5. The number of hydrogen-bond donors (Lipinski definition) is 2. The zero-order valence-electron chi connectivity index (χ0n) is 20.6. The maximum Gasteiger partial charge on any atom is 0.307 e. The second-order valence-corrected chi connectivity index (χ2v) is 9.20. The summed E-state index contributed by atoms with van der Waals surface area (Å²) >= 11 is 0. The van der Waals surface area contributed by atoms with Crippen LogP contribution >= 0.6 is 0 Å². The monoisotopic (exact) mass is 465 g/mol. The minimum absolute atomic E-state index is 0.130. The predicted molar refractivity (Wildman–Crippen MR) is 133 cm³/mol. The number of esters is 1. The number of benzene rings is 1. The number of piperidine rings is 1. The first-order chi connectivity index (χ1) is 16.3. The normalized spacial score (nSPS) is 15.1. The molecule has 1 fully saturated rings. The van der Waals surface area contributed by atoms with E-state index in [2.05, 4.69) is 45.7 Å². The minimum atomic E-state index is -0.130.